The summed E-state index contributed by atoms with van der Waals surface area (Å²) < 4.78 is 6.72. The van der Waals surface area contributed by atoms with E-state index in [2.05, 4.69) is 22.3 Å². The highest BCUT2D eigenvalue weighted by Crippen LogP contribution is 2.20. The molecule has 1 aliphatic rings. The molecule has 1 amide bonds. The molecule has 1 aliphatic heterocycles. The summed E-state index contributed by atoms with van der Waals surface area (Å²) in [5.74, 6) is 1.25. The molecular formula is C27H32N4O3. The monoisotopic (exact) mass is 460 g/mol. The van der Waals surface area contributed by atoms with Crippen molar-refractivity contribution in [2.45, 2.75) is 52.4 Å². The molecule has 7 nitrogen and oxygen atoms in total. The number of hydrogen-bond donors (Lipinski definition) is 1. The van der Waals surface area contributed by atoms with Crippen LogP contribution in [0.5, 0.6) is 5.75 Å². The number of nitrogens with zero attached hydrogens (tertiary/aromatic N) is 3. The number of carbonyl (C=O) groups is 1. The number of rotatable bonds is 8. The van der Waals surface area contributed by atoms with Crippen molar-refractivity contribution in [3.05, 3.63) is 93.2 Å². The molecule has 2 heterocycles. The van der Waals surface area contributed by atoms with Gasteiger partial charge in [0.15, 0.2) is 0 Å². The van der Waals surface area contributed by atoms with Crippen molar-refractivity contribution in [3.63, 3.8) is 0 Å². The van der Waals surface area contributed by atoms with Crippen LogP contribution < -0.4 is 15.6 Å². The Labute approximate surface area is 200 Å². The standard InChI is InChI=1S/C27H32N4O3/c1-19(2)26-29-24-17-30(16-21-7-5-4-6-8-21)14-13-23(24)27(33)31(26)18-25(32)28-15-20-9-11-22(34-3)12-10-20/h4-12,19H,13-18H2,1-3H3,(H,28,32). The number of fused-ring (bicyclic) bond motifs is 1. The van der Waals surface area contributed by atoms with Crippen molar-refractivity contribution >= 4 is 5.91 Å². The third-order valence-corrected chi connectivity index (χ3v) is 6.14. The maximum atomic E-state index is 13.4. The van der Waals surface area contributed by atoms with Crippen LogP contribution >= 0.6 is 0 Å². The Bertz CT molecular complexity index is 1190. The van der Waals surface area contributed by atoms with E-state index in [0.29, 0.717) is 25.3 Å². The molecule has 0 radical (unpaired) electrons. The highest BCUT2D eigenvalue weighted by molar-refractivity contribution is 5.75. The molecule has 0 atom stereocenters. The van der Waals surface area contributed by atoms with Gasteiger partial charge in [-0.2, -0.15) is 0 Å². The Hall–Kier alpha value is -3.45. The van der Waals surface area contributed by atoms with E-state index in [1.807, 2.05) is 56.3 Å². The molecule has 3 aromatic rings. The van der Waals surface area contributed by atoms with Crippen molar-refractivity contribution < 1.29 is 9.53 Å². The quantitative estimate of drug-likeness (QED) is 0.559. The van der Waals surface area contributed by atoms with Crippen LogP contribution in [0.15, 0.2) is 59.4 Å². The molecule has 7 heteroatoms. The summed E-state index contributed by atoms with van der Waals surface area (Å²) in [5, 5.41) is 2.92. The van der Waals surface area contributed by atoms with Crippen LogP contribution in [0.2, 0.25) is 0 Å². The van der Waals surface area contributed by atoms with Gasteiger partial charge in [0.2, 0.25) is 5.91 Å². The first-order chi connectivity index (χ1) is 16.4. The molecule has 0 bridgehead atoms. The Morgan fingerprint density at radius 3 is 2.50 bits per heavy atom. The zero-order valence-corrected chi connectivity index (χ0v) is 20.1. The van der Waals surface area contributed by atoms with Crippen LogP contribution in [-0.4, -0.2) is 34.0 Å². The van der Waals surface area contributed by atoms with Gasteiger partial charge in [-0.05, 0) is 29.7 Å². The maximum Gasteiger partial charge on any atom is 0.257 e. The van der Waals surface area contributed by atoms with E-state index in [0.717, 1.165) is 35.7 Å². The van der Waals surface area contributed by atoms with Crippen molar-refractivity contribution in [3.8, 4) is 5.75 Å². The average Bonchev–Trinajstić information content (AvgIpc) is 2.85. The first kappa shape index (κ1) is 23.7. The van der Waals surface area contributed by atoms with E-state index < -0.39 is 0 Å². The molecule has 0 saturated carbocycles. The molecule has 4 rings (SSSR count). The molecule has 0 saturated heterocycles. The Balaban J connectivity index is 1.48. The Morgan fingerprint density at radius 2 is 1.82 bits per heavy atom. The summed E-state index contributed by atoms with van der Waals surface area (Å²) in [6.07, 6.45) is 0.639. The lowest BCUT2D eigenvalue weighted by Crippen LogP contribution is -2.41. The van der Waals surface area contributed by atoms with Crippen LogP contribution in [0.3, 0.4) is 0 Å². The minimum atomic E-state index is -0.205. The molecule has 0 spiro atoms. The van der Waals surface area contributed by atoms with Crippen molar-refractivity contribution in [1.29, 1.82) is 0 Å². The van der Waals surface area contributed by atoms with Crippen LogP contribution in [0.25, 0.3) is 0 Å². The zero-order chi connectivity index (χ0) is 24.1. The molecule has 178 valence electrons. The lowest BCUT2D eigenvalue weighted by Gasteiger charge is -2.29. The number of nitrogens with one attached hydrogen (secondary N) is 1. The third-order valence-electron chi connectivity index (χ3n) is 6.14. The number of aromatic nitrogens is 2. The lowest BCUT2D eigenvalue weighted by atomic mass is 10.0. The van der Waals surface area contributed by atoms with Gasteiger partial charge >= 0.3 is 0 Å². The number of amides is 1. The summed E-state index contributed by atoms with van der Waals surface area (Å²) in [7, 11) is 1.62. The van der Waals surface area contributed by atoms with Gasteiger partial charge in [-0.3, -0.25) is 19.1 Å². The minimum absolute atomic E-state index is 0.0249. The predicted molar refractivity (Wildman–Crippen MR) is 132 cm³/mol. The fourth-order valence-corrected chi connectivity index (χ4v) is 4.31. The van der Waals surface area contributed by atoms with E-state index in [1.54, 1.807) is 11.7 Å². The van der Waals surface area contributed by atoms with Crippen LogP contribution in [0.4, 0.5) is 0 Å². The van der Waals surface area contributed by atoms with Gasteiger partial charge in [0.05, 0.1) is 12.8 Å². The fraction of sp³-hybridized carbons (Fsp3) is 0.370. The van der Waals surface area contributed by atoms with Gasteiger partial charge in [-0.25, -0.2) is 4.98 Å². The first-order valence-corrected chi connectivity index (χ1v) is 11.7. The van der Waals surface area contributed by atoms with E-state index in [1.165, 1.54) is 5.56 Å². The van der Waals surface area contributed by atoms with Crippen LogP contribution in [0, 0.1) is 0 Å². The first-order valence-electron chi connectivity index (χ1n) is 11.7. The summed E-state index contributed by atoms with van der Waals surface area (Å²) in [6, 6.07) is 17.9. The Morgan fingerprint density at radius 1 is 1.09 bits per heavy atom. The van der Waals surface area contributed by atoms with Gasteiger partial charge in [-0.15, -0.1) is 0 Å². The van der Waals surface area contributed by atoms with E-state index in [4.69, 9.17) is 9.72 Å². The summed E-state index contributed by atoms with van der Waals surface area (Å²) in [6.45, 7) is 6.63. The summed E-state index contributed by atoms with van der Waals surface area (Å²) in [5.41, 5.74) is 3.69. The minimum Gasteiger partial charge on any atom is -0.497 e. The largest absolute Gasteiger partial charge is 0.497 e. The van der Waals surface area contributed by atoms with Gasteiger partial charge in [0.25, 0.3) is 5.56 Å². The number of methoxy groups -OCH3 is 1. The molecule has 1 aromatic heterocycles. The van der Waals surface area contributed by atoms with Gasteiger partial charge in [0.1, 0.15) is 18.1 Å². The molecular weight excluding hydrogens is 428 g/mol. The highest BCUT2D eigenvalue weighted by atomic mass is 16.5. The number of benzene rings is 2. The molecule has 0 unspecified atom stereocenters. The molecule has 2 aromatic carbocycles. The highest BCUT2D eigenvalue weighted by Gasteiger charge is 2.25. The van der Waals surface area contributed by atoms with Crippen molar-refractivity contribution in [2.75, 3.05) is 13.7 Å². The fourth-order valence-electron chi connectivity index (χ4n) is 4.31. The number of ether oxygens (including phenoxy) is 1. The van der Waals surface area contributed by atoms with Gasteiger partial charge in [0, 0.05) is 37.7 Å². The van der Waals surface area contributed by atoms with Gasteiger partial charge in [-0.1, -0.05) is 56.3 Å². The van der Waals surface area contributed by atoms with E-state index in [-0.39, 0.29) is 23.9 Å². The van der Waals surface area contributed by atoms with Crippen molar-refractivity contribution in [2.24, 2.45) is 0 Å². The molecule has 1 N–H and O–H groups in total. The second kappa shape index (κ2) is 10.7. The SMILES string of the molecule is COc1ccc(CNC(=O)Cn2c(C(C)C)nc3c(c2=O)CCN(Cc2ccccc2)C3)cc1. The van der Waals surface area contributed by atoms with Crippen LogP contribution in [0.1, 0.15) is 48.0 Å². The van der Waals surface area contributed by atoms with Crippen molar-refractivity contribution in [1.82, 2.24) is 19.8 Å². The average molecular weight is 461 g/mol. The normalized spacial score (nSPS) is 13.5. The summed E-state index contributed by atoms with van der Waals surface area (Å²) >= 11 is 0. The van der Waals surface area contributed by atoms with Crippen LogP contribution in [-0.2, 0) is 37.4 Å². The Kier molecular flexibility index (Phi) is 7.43. The molecule has 34 heavy (non-hydrogen) atoms. The zero-order valence-electron chi connectivity index (χ0n) is 20.1. The van der Waals surface area contributed by atoms with E-state index in [9.17, 15) is 9.59 Å². The molecule has 0 fully saturated rings. The smallest absolute Gasteiger partial charge is 0.257 e. The summed E-state index contributed by atoms with van der Waals surface area (Å²) in [4.78, 5) is 33.3. The number of hydrogen-bond acceptors (Lipinski definition) is 5. The van der Waals surface area contributed by atoms with Gasteiger partial charge < -0.3 is 10.1 Å². The second-order valence-corrected chi connectivity index (χ2v) is 9.01. The maximum absolute atomic E-state index is 13.4. The third kappa shape index (κ3) is 5.54. The second-order valence-electron chi connectivity index (χ2n) is 9.01. The molecule has 0 aliphatic carbocycles. The predicted octanol–water partition coefficient (Wildman–Crippen LogP) is 3.25. The lowest BCUT2D eigenvalue weighted by molar-refractivity contribution is -0.121. The van der Waals surface area contributed by atoms with E-state index >= 15 is 0 Å². The number of carbonyl (C=O) groups excluding carboxylic acids is 1. The topological polar surface area (TPSA) is 76.5 Å².